The number of aliphatic hydroxyl groups excluding tert-OH is 1. The van der Waals surface area contributed by atoms with Crippen molar-refractivity contribution < 1.29 is 29.6 Å². The quantitative estimate of drug-likeness (QED) is 0.420. The molecule has 1 amide bonds. The van der Waals surface area contributed by atoms with Gasteiger partial charge in [0.2, 0.25) is 0 Å². The van der Waals surface area contributed by atoms with Crippen molar-refractivity contribution in [2.45, 2.75) is 6.10 Å². The van der Waals surface area contributed by atoms with Crippen LogP contribution in [0.3, 0.4) is 0 Å². The summed E-state index contributed by atoms with van der Waals surface area (Å²) in [5.41, 5.74) is -0.160. The van der Waals surface area contributed by atoms with E-state index in [0.717, 1.165) is 19.2 Å². The zero-order valence-electron chi connectivity index (χ0n) is 9.58. The summed E-state index contributed by atoms with van der Waals surface area (Å²) in [6.07, 6.45) is -1.49. The summed E-state index contributed by atoms with van der Waals surface area (Å²) in [5.74, 6) is -2.12. The lowest BCUT2D eigenvalue weighted by Crippen LogP contribution is -2.37. The molecule has 1 aromatic rings. The average Bonchev–Trinajstić information content (AvgIpc) is 2.37. The normalized spacial score (nSPS) is 11.7. The fourth-order valence-electron chi connectivity index (χ4n) is 1.21. The number of benzene rings is 1. The van der Waals surface area contributed by atoms with Gasteiger partial charge in [-0.1, -0.05) is 0 Å². The maximum Gasteiger partial charge on any atom is 0.336 e. The number of phenolic OH excluding ortho intramolecular Hbond substituents is 2. The summed E-state index contributed by atoms with van der Waals surface area (Å²) >= 11 is 0. The van der Waals surface area contributed by atoms with Gasteiger partial charge in [-0.05, 0) is 18.2 Å². The number of amides is 1. The van der Waals surface area contributed by atoms with Gasteiger partial charge in [-0.3, -0.25) is 4.79 Å². The van der Waals surface area contributed by atoms with Gasteiger partial charge >= 0.3 is 5.97 Å². The number of aromatic hydroxyl groups is 2. The second kappa shape index (κ2) is 5.87. The number of esters is 1. The van der Waals surface area contributed by atoms with E-state index >= 15 is 0 Å². The fraction of sp³-hybridized carbons (Fsp3) is 0.273. The molecule has 0 radical (unpaired) electrons. The minimum Gasteiger partial charge on any atom is -0.508 e. The van der Waals surface area contributed by atoms with Gasteiger partial charge in [0, 0.05) is 0 Å². The molecule has 0 heterocycles. The first-order valence-electron chi connectivity index (χ1n) is 5.01. The largest absolute Gasteiger partial charge is 0.508 e. The third kappa shape index (κ3) is 3.36. The molecule has 0 saturated carbocycles. The Kier molecular flexibility index (Phi) is 4.50. The zero-order valence-corrected chi connectivity index (χ0v) is 9.58. The van der Waals surface area contributed by atoms with Gasteiger partial charge in [-0.2, -0.15) is 0 Å². The molecule has 0 aliphatic rings. The third-order valence-corrected chi connectivity index (χ3v) is 2.15. The summed E-state index contributed by atoms with van der Waals surface area (Å²) < 4.78 is 4.26. The van der Waals surface area contributed by atoms with E-state index in [2.05, 4.69) is 10.1 Å². The molecule has 1 aromatic carbocycles. The number of ether oxygens (including phenoxy) is 1. The lowest BCUT2D eigenvalue weighted by Gasteiger charge is -2.10. The summed E-state index contributed by atoms with van der Waals surface area (Å²) in [6, 6.07) is 3.44. The molecule has 0 fully saturated rings. The summed E-state index contributed by atoms with van der Waals surface area (Å²) in [6.45, 7) is -0.361. The Morgan fingerprint density at radius 3 is 2.67 bits per heavy atom. The number of rotatable bonds is 4. The number of hydrogen-bond donors (Lipinski definition) is 4. The van der Waals surface area contributed by atoms with Gasteiger partial charge in [0.15, 0.2) is 6.10 Å². The van der Waals surface area contributed by atoms with Crippen LogP contribution < -0.4 is 5.32 Å². The molecule has 0 aromatic heterocycles. The van der Waals surface area contributed by atoms with Gasteiger partial charge in [0.05, 0.1) is 19.2 Å². The highest BCUT2D eigenvalue weighted by molar-refractivity contribution is 5.97. The molecule has 1 unspecified atom stereocenters. The van der Waals surface area contributed by atoms with E-state index in [1.165, 1.54) is 6.07 Å². The number of hydrogen-bond acceptors (Lipinski definition) is 6. The third-order valence-electron chi connectivity index (χ3n) is 2.15. The number of methoxy groups -OCH3 is 1. The minimum atomic E-state index is -1.49. The van der Waals surface area contributed by atoms with Crippen LogP contribution in [-0.2, 0) is 9.53 Å². The van der Waals surface area contributed by atoms with Gasteiger partial charge in [-0.15, -0.1) is 0 Å². The van der Waals surface area contributed by atoms with Crippen LogP contribution in [-0.4, -0.2) is 47.0 Å². The Morgan fingerprint density at radius 2 is 2.06 bits per heavy atom. The Morgan fingerprint density at radius 1 is 1.39 bits per heavy atom. The van der Waals surface area contributed by atoms with Gasteiger partial charge in [0.25, 0.3) is 5.91 Å². The van der Waals surface area contributed by atoms with Crippen LogP contribution in [0.15, 0.2) is 18.2 Å². The van der Waals surface area contributed by atoms with Crippen LogP contribution in [0.1, 0.15) is 10.4 Å². The number of nitrogens with one attached hydrogen (secondary N) is 1. The van der Waals surface area contributed by atoms with Gasteiger partial charge in [-0.25, -0.2) is 4.79 Å². The van der Waals surface area contributed by atoms with E-state index < -0.39 is 18.0 Å². The van der Waals surface area contributed by atoms with Crippen molar-refractivity contribution in [3.05, 3.63) is 23.8 Å². The number of carbonyl (C=O) groups is 2. The molecular formula is C11H13NO6. The molecule has 0 bridgehead atoms. The maximum absolute atomic E-state index is 11.6. The molecule has 7 heteroatoms. The van der Waals surface area contributed by atoms with Crippen LogP contribution in [0.25, 0.3) is 0 Å². The number of aliphatic hydroxyl groups is 1. The first kappa shape index (κ1) is 13.8. The molecule has 4 N–H and O–H groups in total. The fourth-order valence-corrected chi connectivity index (χ4v) is 1.21. The molecule has 0 saturated heterocycles. The molecule has 98 valence electrons. The summed E-state index contributed by atoms with van der Waals surface area (Å²) in [7, 11) is 1.11. The van der Waals surface area contributed by atoms with E-state index in [0.29, 0.717) is 0 Å². The van der Waals surface area contributed by atoms with Crippen molar-refractivity contribution in [2.24, 2.45) is 0 Å². The van der Waals surface area contributed by atoms with Crippen LogP contribution in [0, 0.1) is 0 Å². The molecule has 18 heavy (non-hydrogen) atoms. The Bertz CT molecular complexity index is 459. The molecule has 0 aliphatic carbocycles. The summed E-state index contributed by atoms with van der Waals surface area (Å²) in [4.78, 5) is 22.5. The van der Waals surface area contributed by atoms with Crippen molar-refractivity contribution in [3.63, 3.8) is 0 Å². The number of phenols is 2. The molecule has 1 rings (SSSR count). The molecule has 0 aliphatic heterocycles. The zero-order chi connectivity index (χ0) is 13.7. The van der Waals surface area contributed by atoms with Crippen molar-refractivity contribution in [2.75, 3.05) is 13.7 Å². The van der Waals surface area contributed by atoms with E-state index in [1.54, 1.807) is 0 Å². The first-order valence-corrected chi connectivity index (χ1v) is 5.01. The van der Waals surface area contributed by atoms with Crippen molar-refractivity contribution >= 4 is 11.9 Å². The van der Waals surface area contributed by atoms with Crippen LogP contribution >= 0.6 is 0 Å². The topological polar surface area (TPSA) is 116 Å². The minimum absolute atomic E-state index is 0.160. The smallest absolute Gasteiger partial charge is 0.336 e. The highest BCUT2D eigenvalue weighted by Crippen LogP contribution is 2.21. The van der Waals surface area contributed by atoms with Crippen LogP contribution in [0.4, 0.5) is 0 Å². The molecule has 7 nitrogen and oxygen atoms in total. The first-order chi connectivity index (χ1) is 8.45. The Labute approximate surface area is 103 Å². The average molecular weight is 255 g/mol. The highest BCUT2D eigenvalue weighted by atomic mass is 16.5. The number of carbonyl (C=O) groups excluding carboxylic acids is 2. The Hall–Kier alpha value is -2.28. The van der Waals surface area contributed by atoms with E-state index in [-0.39, 0.29) is 23.6 Å². The Balaban J connectivity index is 2.66. The van der Waals surface area contributed by atoms with E-state index in [1.807, 2.05) is 0 Å². The van der Waals surface area contributed by atoms with Crippen molar-refractivity contribution in [3.8, 4) is 11.5 Å². The van der Waals surface area contributed by atoms with Crippen LogP contribution in [0.2, 0.25) is 0 Å². The monoisotopic (exact) mass is 255 g/mol. The predicted molar refractivity (Wildman–Crippen MR) is 60.1 cm³/mol. The summed E-state index contributed by atoms with van der Waals surface area (Å²) in [5, 5.41) is 30.0. The predicted octanol–water partition coefficient (Wildman–Crippen LogP) is -0.639. The van der Waals surface area contributed by atoms with E-state index in [9.17, 15) is 24.9 Å². The standard InChI is InChI=1S/C11H13NO6/c1-18-11(17)9(15)5-12-10(16)7-4-6(13)2-3-8(7)14/h2-4,9,13-15H,5H2,1H3,(H,12,16). The molecular weight excluding hydrogens is 242 g/mol. The van der Waals surface area contributed by atoms with E-state index in [4.69, 9.17) is 0 Å². The SMILES string of the molecule is COC(=O)C(O)CNC(=O)c1cc(O)ccc1O. The lowest BCUT2D eigenvalue weighted by atomic mass is 10.1. The van der Waals surface area contributed by atoms with Crippen molar-refractivity contribution in [1.82, 2.24) is 5.32 Å². The molecule has 0 spiro atoms. The molecule has 1 atom stereocenters. The second-order valence-corrected chi connectivity index (χ2v) is 3.45. The second-order valence-electron chi connectivity index (χ2n) is 3.45. The van der Waals surface area contributed by atoms with Gasteiger partial charge < -0.3 is 25.4 Å². The lowest BCUT2D eigenvalue weighted by molar-refractivity contribution is -0.149. The van der Waals surface area contributed by atoms with Crippen LogP contribution in [0.5, 0.6) is 11.5 Å². The maximum atomic E-state index is 11.6. The van der Waals surface area contributed by atoms with Gasteiger partial charge in [0.1, 0.15) is 11.5 Å². The highest BCUT2D eigenvalue weighted by Gasteiger charge is 2.18. The van der Waals surface area contributed by atoms with Crippen molar-refractivity contribution in [1.29, 1.82) is 0 Å².